The largest absolute Gasteiger partial charge is 0.388 e. The fourth-order valence-corrected chi connectivity index (χ4v) is 1.97. The first kappa shape index (κ1) is 8.19. The van der Waals surface area contributed by atoms with Crippen LogP contribution in [0.4, 0.5) is 5.69 Å². The van der Waals surface area contributed by atoms with Crippen LogP contribution < -0.4 is 5.32 Å². The molecule has 0 amide bonds. The normalized spacial score (nSPS) is 10.2. The Morgan fingerprint density at radius 1 is 1.54 bits per heavy atom. The van der Waals surface area contributed by atoms with E-state index in [9.17, 15) is 4.79 Å². The molecule has 4 heteroatoms. The van der Waals surface area contributed by atoms with Crippen molar-refractivity contribution in [1.82, 2.24) is 4.98 Å². The van der Waals surface area contributed by atoms with Crippen LogP contribution in [0, 0.1) is 0 Å². The van der Waals surface area contributed by atoms with Crippen molar-refractivity contribution in [2.24, 2.45) is 0 Å². The van der Waals surface area contributed by atoms with Gasteiger partial charge in [0.2, 0.25) is 0 Å². The second-order valence-corrected chi connectivity index (χ2v) is 3.66. The number of anilines is 1. The van der Waals surface area contributed by atoms with Gasteiger partial charge in [0, 0.05) is 12.7 Å². The van der Waals surface area contributed by atoms with Gasteiger partial charge in [-0.2, -0.15) is 0 Å². The summed E-state index contributed by atoms with van der Waals surface area (Å²) in [6.07, 6.45) is 0.781. The molecule has 0 aliphatic carbocycles. The van der Waals surface area contributed by atoms with E-state index in [0.29, 0.717) is 5.01 Å². The predicted octanol–water partition coefficient (Wildman–Crippen LogP) is 2.15. The van der Waals surface area contributed by atoms with E-state index in [1.165, 1.54) is 11.3 Å². The first-order valence-corrected chi connectivity index (χ1v) is 4.68. The van der Waals surface area contributed by atoms with Gasteiger partial charge in [-0.05, 0) is 18.2 Å². The van der Waals surface area contributed by atoms with Gasteiger partial charge in [-0.3, -0.25) is 4.79 Å². The molecule has 2 aromatic rings. The minimum Gasteiger partial charge on any atom is -0.388 e. The maximum Gasteiger partial charge on any atom is 0.178 e. The van der Waals surface area contributed by atoms with Crippen molar-refractivity contribution in [3.63, 3.8) is 0 Å². The number of nitrogens with one attached hydrogen (secondary N) is 1. The smallest absolute Gasteiger partial charge is 0.178 e. The number of aromatic nitrogens is 1. The average molecular weight is 192 g/mol. The number of benzene rings is 1. The first-order chi connectivity index (χ1) is 6.33. The van der Waals surface area contributed by atoms with Gasteiger partial charge >= 0.3 is 0 Å². The number of carbonyl (C=O) groups excluding carboxylic acids is 1. The molecule has 0 aliphatic heterocycles. The van der Waals surface area contributed by atoms with Crippen LogP contribution in [-0.4, -0.2) is 18.3 Å². The summed E-state index contributed by atoms with van der Waals surface area (Å²) in [6.45, 7) is 0. The highest BCUT2D eigenvalue weighted by atomic mass is 32.1. The highest BCUT2D eigenvalue weighted by molar-refractivity contribution is 7.20. The van der Waals surface area contributed by atoms with E-state index >= 15 is 0 Å². The van der Waals surface area contributed by atoms with Crippen LogP contribution in [-0.2, 0) is 0 Å². The Kier molecular flexibility index (Phi) is 1.98. The first-order valence-electron chi connectivity index (χ1n) is 3.87. The molecule has 0 fully saturated rings. The summed E-state index contributed by atoms with van der Waals surface area (Å²) in [5.41, 5.74) is 1.92. The molecule has 0 spiro atoms. The number of rotatable bonds is 2. The number of thiazole rings is 1. The Morgan fingerprint density at radius 3 is 3.08 bits per heavy atom. The number of carbonyl (C=O) groups is 1. The van der Waals surface area contributed by atoms with Gasteiger partial charge < -0.3 is 5.32 Å². The van der Waals surface area contributed by atoms with Crippen LogP contribution in [0.15, 0.2) is 18.2 Å². The Balaban J connectivity index is 2.63. The summed E-state index contributed by atoms with van der Waals surface area (Å²) >= 11 is 1.41. The number of fused-ring (bicyclic) bond motifs is 1. The molecular formula is C9H8N2OS. The maximum atomic E-state index is 10.5. The molecule has 1 aromatic carbocycles. The molecule has 13 heavy (non-hydrogen) atoms. The Labute approximate surface area is 79.4 Å². The quantitative estimate of drug-likeness (QED) is 0.741. The fraction of sp³-hybridized carbons (Fsp3) is 0.111. The van der Waals surface area contributed by atoms with E-state index < -0.39 is 0 Å². The number of hydrogen-bond donors (Lipinski definition) is 1. The average Bonchev–Trinajstić information content (AvgIpc) is 2.58. The minimum atomic E-state index is 0.531. The van der Waals surface area contributed by atoms with Crippen LogP contribution in [0.1, 0.15) is 9.80 Å². The van der Waals surface area contributed by atoms with Crippen LogP contribution in [0.3, 0.4) is 0 Å². The zero-order valence-electron chi connectivity index (χ0n) is 7.07. The van der Waals surface area contributed by atoms with E-state index in [-0.39, 0.29) is 0 Å². The molecule has 0 radical (unpaired) electrons. The summed E-state index contributed by atoms with van der Waals surface area (Å²) < 4.78 is 1.04. The minimum absolute atomic E-state index is 0.531. The molecule has 0 bridgehead atoms. The molecule has 0 saturated heterocycles. The monoisotopic (exact) mass is 192 g/mol. The zero-order chi connectivity index (χ0) is 9.26. The van der Waals surface area contributed by atoms with Crippen LogP contribution >= 0.6 is 11.3 Å². The molecule has 66 valence electrons. The second kappa shape index (κ2) is 3.14. The predicted molar refractivity (Wildman–Crippen MR) is 54.6 cm³/mol. The van der Waals surface area contributed by atoms with Crippen molar-refractivity contribution in [3.8, 4) is 0 Å². The molecule has 1 N–H and O–H groups in total. The van der Waals surface area contributed by atoms with Crippen LogP contribution in [0.25, 0.3) is 10.2 Å². The lowest BCUT2D eigenvalue weighted by Gasteiger charge is -1.96. The number of hydrogen-bond acceptors (Lipinski definition) is 4. The molecule has 3 nitrogen and oxygen atoms in total. The molecule has 2 rings (SSSR count). The lowest BCUT2D eigenvalue weighted by atomic mass is 10.3. The SMILES string of the molecule is CNc1ccc2nc(C=O)sc2c1. The van der Waals surface area contributed by atoms with Gasteiger partial charge in [0.25, 0.3) is 0 Å². The highest BCUT2D eigenvalue weighted by Crippen LogP contribution is 2.23. The van der Waals surface area contributed by atoms with Gasteiger partial charge in [0.1, 0.15) is 0 Å². The third-order valence-electron chi connectivity index (χ3n) is 1.79. The molecule has 1 heterocycles. The van der Waals surface area contributed by atoms with E-state index in [1.54, 1.807) is 0 Å². The third-order valence-corrected chi connectivity index (χ3v) is 2.74. The summed E-state index contributed by atoms with van der Waals surface area (Å²) in [5, 5.41) is 3.57. The van der Waals surface area contributed by atoms with Crippen molar-refractivity contribution < 1.29 is 4.79 Å². The molecule has 0 saturated carbocycles. The van der Waals surface area contributed by atoms with E-state index in [1.807, 2.05) is 25.2 Å². The maximum absolute atomic E-state index is 10.5. The topological polar surface area (TPSA) is 42.0 Å². The lowest BCUT2D eigenvalue weighted by Crippen LogP contribution is -1.85. The van der Waals surface area contributed by atoms with Crippen LogP contribution in [0.5, 0.6) is 0 Å². The molecular weight excluding hydrogens is 184 g/mol. The zero-order valence-corrected chi connectivity index (χ0v) is 7.89. The molecule has 0 atom stereocenters. The van der Waals surface area contributed by atoms with Gasteiger partial charge in [-0.15, -0.1) is 11.3 Å². The van der Waals surface area contributed by atoms with Crippen molar-refractivity contribution in [2.45, 2.75) is 0 Å². The standard InChI is InChI=1S/C9H8N2OS/c1-10-6-2-3-7-8(4-6)13-9(5-12)11-7/h2-5,10H,1H3. The highest BCUT2D eigenvalue weighted by Gasteiger charge is 2.02. The Bertz CT molecular complexity index is 450. The number of nitrogens with zero attached hydrogens (tertiary/aromatic N) is 1. The van der Waals surface area contributed by atoms with Crippen LogP contribution in [0.2, 0.25) is 0 Å². The van der Waals surface area contributed by atoms with Crippen molar-refractivity contribution in [3.05, 3.63) is 23.2 Å². The van der Waals surface area contributed by atoms with Crippen molar-refractivity contribution in [2.75, 3.05) is 12.4 Å². The lowest BCUT2D eigenvalue weighted by molar-refractivity contribution is 0.112. The second-order valence-electron chi connectivity index (χ2n) is 2.60. The summed E-state index contributed by atoms with van der Waals surface area (Å²) in [5.74, 6) is 0. The summed E-state index contributed by atoms with van der Waals surface area (Å²) in [6, 6.07) is 5.83. The van der Waals surface area contributed by atoms with E-state index in [4.69, 9.17) is 0 Å². The van der Waals surface area contributed by atoms with E-state index in [0.717, 1.165) is 22.2 Å². The fourth-order valence-electron chi connectivity index (χ4n) is 1.15. The summed E-state index contributed by atoms with van der Waals surface area (Å²) in [4.78, 5) is 14.6. The third kappa shape index (κ3) is 1.40. The Morgan fingerprint density at radius 2 is 2.38 bits per heavy atom. The van der Waals surface area contributed by atoms with Crippen molar-refractivity contribution >= 4 is 33.5 Å². The number of aldehydes is 1. The molecule has 0 aliphatic rings. The van der Waals surface area contributed by atoms with E-state index in [2.05, 4.69) is 10.3 Å². The van der Waals surface area contributed by atoms with Crippen molar-refractivity contribution in [1.29, 1.82) is 0 Å². The van der Waals surface area contributed by atoms with Gasteiger partial charge in [0.15, 0.2) is 11.3 Å². The van der Waals surface area contributed by atoms with Gasteiger partial charge in [-0.25, -0.2) is 4.98 Å². The molecule has 1 aromatic heterocycles. The molecule has 0 unspecified atom stereocenters. The van der Waals surface area contributed by atoms with Gasteiger partial charge in [0.05, 0.1) is 10.2 Å². The summed E-state index contributed by atoms with van der Waals surface area (Å²) in [7, 11) is 1.86. The Hall–Kier alpha value is -1.42. The van der Waals surface area contributed by atoms with Gasteiger partial charge in [-0.1, -0.05) is 0 Å².